The summed E-state index contributed by atoms with van der Waals surface area (Å²) in [7, 11) is 0. The van der Waals surface area contributed by atoms with E-state index in [4.69, 9.17) is 10.5 Å². The zero-order valence-electron chi connectivity index (χ0n) is 15.5. The van der Waals surface area contributed by atoms with Gasteiger partial charge in [-0.3, -0.25) is 4.99 Å². The lowest BCUT2D eigenvalue weighted by Gasteiger charge is -2.31. The lowest BCUT2D eigenvalue weighted by molar-refractivity contribution is 0.0963. The van der Waals surface area contributed by atoms with Crippen LogP contribution in [0.2, 0.25) is 0 Å². The Balaban J connectivity index is 0.00000364. The van der Waals surface area contributed by atoms with Crippen LogP contribution >= 0.6 is 35.7 Å². The van der Waals surface area contributed by atoms with Crippen LogP contribution in [0, 0.1) is 5.82 Å². The number of hydrogen-bond acceptors (Lipinski definition) is 4. The molecule has 1 fully saturated rings. The number of carbonyl (C=O) groups is 1. The standard InChI is InChI=1S/C18H27FN4O2S.HI/c1-2-25-18(24)23-10-7-15(8-11-23)22-17(20)21-9-12-26-13-14-5-3-4-6-16(14)19;/h3-6,15H,2,7-13H2,1H3,(H3,20,21,22);1H. The third-order valence-corrected chi connectivity index (χ3v) is 5.09. The Kier molecular flexibility index (Phi) is 11.5. The van der Waals surface area contributed by atoms with Gasteiger partial charge in [0.05, 0.1) is 13.2 Å². The minimum atomic E-state index is -0.250. The zero-order chi connectivity index (χ0) is 18.8. The van der Waals surface area contributed by atoms with E-state index in [1.165, 1.54) is 6.07 Å². The molecule has 152 valence electrons. The van der Waals surface area contributed by atoms with Gasteiger partial charge in [-0.15, -0.1) is 24.0 Å². The quantitative estimate of drug-likeness (QED) is 0.255. The SMILES string of the molecule is CCOC(=O)N1CCC(NC(N)=NCCSCc2ccccc2F)CC1.I. The first kappa shape index (κ1) is 23.8. The number of aliphatic imine (C=N–C) groups is 1. The van der Waals surface area contributed by atoms with E-state index >= 15 is 0 Å². The van der Waals surface area contributed by atoms with E-state index in [1.54, 1.807) is 35.7 Å². The summed E-state index contributed by atoms with van der Waals surface area (Å²) >= 11 is 1.63. The number of likely N-dealkylation sites (tertiary alicyclic amines) is 1. The van der Waals surface area contributed by atoms with Crippen molar-refractivity contribution in [1.82, 2.24) is 10.2 Å². The van der Waals surface area contributed by atoms with Gasteiger partial charge in [-0.05, 0) is 31.4 Å². The number of nitrogens with two attached hydrogens (primary N) is 1. The summed E-state index contributed by atoms with van der Waals surface area (Å²) in [5.41, 5.74) is 6.64. The molecular formula is C18H28FIN4O2S. The lowest BCUT2D eigenvalue weighted by atomic mass is 10.1. The molecule has 1 aliphatic heterocycles. The molecule has 0 radical (unpaired) electrons. The van der Waals surface area contributed by atoms with Crippen LogP contribution in [0.4, 0.5) is 9.18 Å². The topological polar surface area (TPSA) is 80.0 Å². The van der Waals surface area contributed by atoms with Crippen molar-refractivity contribution in [1.29, 1.82) is 0 Å². The zero-order valence-corrected chi connectivity index (χ0v) is 18.7. The predicted molar refractivity (Wildman–Crippen MR) is 119 cm³/mol. The predicted octanol–water partition coefficient (Wildman–Crippen LogP) is 3.20. The molecule has 1 aromatic carbocycles. The molecular weight excluding hydrogens is 482 g/mol. The average molecular weight is 510 g/mol. The van der Waals surface area contributed by atoms with Gasteiger partial charge in [-0.2, -0.15) is 11.8 Å². The number of halogens is 2. The number of guanidine groups is 1. The first-order chi connectivity index (χ1) is 12.6. The molecule has 0 aliphatic carbocycles. The van der Waals surface area contributed by atoms with Gasteiger partial charge in [0.1, 0.15) is 5.82 Å². The molecule has 0 atom stereocenters. The highest BCUT2D eigenvalue weighted by molar-refractivity contribution is 14.0. The second kappa shape index (κ2) is 13.0. The minimum Gasteiger partial charge on any atom is -0.450 e. The third-order valence-electron chi connectivity index (χ3n) is 4.11. The summed E-state index contributed by atoms with van der Waals surface area (Å²) in [6.07, 6.45) is 1.38. The van der Waals surface area contributed by atoms with Gasteiger partial charge in [0.2, 0.25) is 0 Å². The minimum absolute atomic E-state index is 0. The fourth-order valence-corrected chi connectivity index (χ4v) is 3.52. The molecule has 1 aliphatic rings. The molecule has 6 nitrogen and oxygen atoms in total. The highest BCUT2D eigenvalue weighted by Crippen LogP contribution is 2.15. The number of nitrogens with one attached hydrogen (secondary N) is 1. The fraction of sp³-hybridized carbons (Fsp3) is 0.556. The second-order valence-electron chi connectivity index (χ2n) is 6.02. The number of nitrogens with zero attached hydrogens (tertiary/aromatic N) is 2. The molecule has 3 N–H and O–H groups in total. The third kappa shape index (κ3) is 8.54. The first-order valence-electron chi connectivity index (χ1n) is 8.89. The van der Waals surface area contributed by atoms with Crippen LogP contribution in [0.25, 0.3) is 0 Å². The number of carbonyl (C=O) groups excluding carboxylic acids is 1. The average Bonchev–Trinajstić information content (AvgIpc) is 2.63. The molecule has 2 rings (SSSR count). The van der Waals surface area contributed by atoms with E-state index in [0.717, 1.165) is 18.6 Å². The first-order valence-corrected chi connectivity index (χ1v) is 10.0. The summed E-state index contributed by atoms with van der Waals surface area (Å²) in [4.78, 5) is 17.7. The van der Waals surface area contributed by atoms with E-state index in [1.807, 2.05) is 6.07 Å². The number of benzene rings is 1. The molecule has 1 amide bonds. The Morgan fingerprint density at radius 1 is 1.41 bits per heavy atom. The van der Waals surface area contributed by atoms with Crippen LogP contribution < -0.4 is 11.1 Å². The molecule has 0 spiro atoms. The van der Waals surface area contributed by atoms with Gasteiger partial charge >= 0.3 is 6.09 Å². The van der Waals surface area contributed by atoms with Crippen molar-refractivity contribution in [2.45, 2.75) is 31.6 Å². The van der Waals surface area contributed by atoms with Crippen LogP contribution in [-0.4, -0.2) is 55.0 Å². The lowest BCUT2D eigenvalue weighted by Crippen LogP contribution is -2.48. The van der Waals surface area contributed by atoms with Gasteiger partial charge in [0.15, 0.2) is 5.96 Å². The van der Waals surface area contributed by atoms with Gasteiger partial charge in [0.25, 0.3) is 0 Å². The van der Waals surface area contributed by atoms with Gasteiger partial charge in [-0.1, -0.05) is 18.2 Å². The molecule has 1 heterocycles. The van der Waals surface area contributed by atoms with Crippen LogP contribution in [-0.2, 0) is 10.5 Å². The molecule has 27 heavy (non-hydrogen) atoms. The Bertz CT molecular complexity index is 613. The molecule has 1 saturated heterocycles. The van der Waals surface area contributed by atoms with E-state index in [2.05, 4.69) is 10.3 Å². The van der Waals surface area contributed by atoms with Crippen molar-refractivity contribution >= 4 is 47.8 Å². The maximum absolute atomic E-state index is 13.5. The number of piperidine rings is 1. The van der Waals surface area contributed by atoms with E-state index in [0.29, 0.717) is 43.5 Å². The van der Waals surface area contributed by atoms with Gasteiger partial charge in [0, 0.05) is 30.6 Å². The van der Waals surface area contributed by atoms with Crippen LogP contribution in [0.5, 0.6) is 0 Å². The van der Waals surface area contributed by atoms with Crippen molar-refractivity contribution in [3.8, 4) is 0 Å². The summed E-state index contributed by atoms with van der Waals surface area (Å²) in [5, 5.41) is 3.21. The monoisotopic (exact) mass is 510 g/mol. The Morgan fingerprint density at radius 2 is 2.11 bits per heavy atom. The van der Waals surface area contributed by atoms with Crippen molar-refractivity contribution in [3.63, 3.8) is 0 Å². The Morgan fingerprint density at radius 3 is 2.78 bits per heavy atom. The Labute approximate surface area is 181 Å². The smallest absolute Gasteiger partial charge is 0.409 e. The fourth-order valence-electron chi connectivity index (χ4n) is 2.70. The van der Waals surface area contributed by atoms with Gasteiger partial charge < -0.3 is 20.7 Å². The molecule has 0 saturated carbocycles. The van der Waals surface area contributed by atoms with Crippen LogP contribution in [0.3, 0.4) is 0 Å². The number of ether oxygens (including phenoxy) is 1. The van der Waals surface area contributed by atoms with E-state index < -0.39 is 0 Å². The van der Waals surface area contributed by atoms with Crippen LogP contribution in [0.15, 0.2) is 29.3 Å². The number of rotatable bonds is 7. The molecule has 1 aromatic rings. The van der Waals surface area contributed by atoms with Crippen molar-refractivity contribution in [3.05, 3.63) is 35.6 Å². The molecule has 0 bridgehead atoms. The number of hydrogen-bond donors (Lipinski definition) is 2. The summed E-state index contributed by atoms with van der Waals surface area (Å²) in [6.45, 7) is 4.09. The van der Waals surface area contributed by atoms with Crippen molar-refractivity contribution in [2.75, 3.05) is 32.0 Å². The highest BCUT2D eigenvalue weighted by Gasteiger charge is 2.23. The largest absolute Gasteiger partial charge is 0.450 e. The highest BCUT2D eigenvalue weighted by atomic mass is 127. The van der Waals surface area contributed by atoms with Crippen molar-refractivity contribution in [2.24, 2.45) is 10.7 Å². The maximum atomic E-state index is 13.5. The maximum Gasteiger partial charge on any atom is 0.409 e. The van der Waals surface area contributed by atoms with Crippen molar-refractivity contribution < 1.29 is 13.9 Å². The summed E-state index contributed by atoms with van der Waals surface area (Å²) < 4.78 is 18.5. The van der Waals surface area contributed by atoms with Gasteiger partial charge in [-0.25, -0.2) is 9.18 Å². The molecule has 0 aromatic heterocycles. The summed E-state index contributed by atoms with van der Waals surface area (Å²) in [6, 6.07) is 7.02. The number of amides is 1. The van der Waals surface area contributed by atoms with E-state index in [9.17, 15) is 9.18 Å². The number of thioether (sulfide) groups is 1. The Hall–Kier alpha value is -1.23. The second-order valence-corrected chi connectivity index (χ2v) is 7.12. The molecule has 9 heteroatoms. The summed E-state index contributed by atoms with van der Waals surface area (Å²) in [5.74, 6) is 1.66. The van der Waals surface area contributed by atoms with Crippen LogP contribution in [0.1, 0.15) is 25.3 Å². The van der Waals surface area contributed by atoms with E-state index in [-0.39, 0.29) is 41.9 Å². The molecule has 0 unspecified atom stereocenters. The normalized spacial score (nSPS) is 15.2.